The Hall–Kier alpha value is -2.08. The highest BCUT2D eigenvalue weighted by Crippen LogP contribution is 2.21. The van der Waals surface area contributed by atoms with Gasteiger partial charge in [-0.15, -0.1) is 0 Å². The second kappa shape index (κ2) is 9.03. The lowest BCUT2D eigenvalue weighted by atomic mass is 9.90. The molecular weight excluding hydrogens is 330 g/mol. The Labute approximate surface area is 155 Å². The van der Waals surface area contributed by atoms with Gasteiger partial charge in [0, 0.05) is 25.2 Å². The van der Waals surface area contributed by atoms with E-state index in [0.717, 1.165) is 38.5 Å². The molecule has 1 heterocycles. The lowest BCUT2D eigenvalue weighted by molar-refractivity contribution is -0.137. The minimum absolute atomic E-state index is 0.0128. The van der Waals surface area contributed by atoms with Gasteiger partial charge < -0.3 is 20.7 Å². The molecule has 0 aromatic heterocycles. The summed E-state index contributed by atoms with van der Waals surface area (Å²) >= 11 is 0. The molecule has 2 fully saturated rings. The maximum Gasteiger partial charge on any atom is 0.260 e. The first kappa shape index (κ1) is 18.7. The average molecular weight is 359 g/mol. The van der Waals surface area contributed by atoms with Crippen LogP contribution in [-0.4, -0.2) is 48.5 Å². The number of carbonyl (C=O) groups is 2. The Morgan fingerprint density at radius 2 is 1.85 bits per heavy atom. The molecule has 6 nitrogen and oxygen atoms in total. The lowest BCUT2D eigenvalue weighted by Gasteiger charge is -2.34. The maximum absolute atomic E-state index is 12.6. The molecule has 1 atom stereocenters. The van der Waals surface area contributed by atoms with Gasteiger partial charge in [-0.2, -0.15) is 0 Å². The summed E-state index contributed by atoms with van der Waals surface area (Å²) in [6.45, 7) is 1.19. The molecule has 0 spiro atoms. The van der Waals surface area contributed by atoms with Crippen LogP contribution in [0.15, 0.2) is 30.3 Å². The third-order valence-corrected chi connectivity index (χ3v) is 5.37. The van der Waals surface area contributed by atoms with Gasteiger partial charge in [0.05, 0.1) is 5.92 Å². The van der Waals surface area contributed by atoms with Gasteiger partial charge in [-0.3, -0.25) is 9.59 Å². The van der Waals surface area contributed by atoms with Gasteiger partial charge in [-0.25, -0.2) is 0 Å². The number of hydrogen-bond acceptors (Lipinski definition) is 4. The molecule has 3 N–H and O–H groups in total. The Morgan fingerprint density at radius 3 is 2.58 bits per heavy atom. The highest BCUT2D eigenvalue weighted by molar-refractivity contribution is 5.82. The van der Waals surface area contributed by atoms with E-state index >= 15 is 0 Å². The second-order valence-corrected chi connectivity index (χ2v) is 7.40. The van der Waals surface area contributed by atoms with Gasteiger partial charge in [0.2, 0.25) is 5.91 Å². The Bertz CT molecular complexity index is 600. The normalized spacial score (nSPS) is 26.2. The van der Waals surface area contributed by atoms with Crippen LogP contribution in [0.4, 0.5) is 0 Å². The number of piperidine rings is 1. The molecule has 1 aromatic rings. The predicted molar refractivity (Wildman–Crippen MR) is 99.6 cm³/mol. The molecule has 3 rings (SSSR count). The van der Waals surface area contributed by atoms with Gasteiger partial charge in [0.25, 0.3) is 5.91 Å². The molecule has 1 aromatic carbocycles. The van der Waals surface area contributed by atoms with Gasteiger partial charge in [0.15, 0.2) is 6.61 Å². The molecule has 2 aliphatic rings. The molecule has 1 aliphatic carbocycles. The monoisotopic (exact) mass is 359 g/mol. The highest BCUT2D eigenvalue weighted by Gasteiger charge is 2.30. The standard InChI is InChI=1S/C20H29N3O3/c21-16-8-10-17(11-9-16)22-20(25)15-5-4-12-23(13-15)19(24)14-26-18-6-2-1-3-7-18/h1-3,6-7,15-17H,4-5,8-14,21H2,(H,22,25). The first-order chi connectivity index (χ1) is 12.6. The fraction of sp³-hybridized carbons (Fsp3) is 0.600. The van der Waals surface area contributed by atoms with E-state index in [1.54, 1.807) is 4.90 Å². The lowest BCUT2D eigenvalue weighted by Crippen LogP contribution is -2.49. The number of nitrogens with two attached hydrogens (primary N) is 1. The number of carbonyl (C=O) groups excluding carboxylic acids is 2. The van der Waals surface area contributed by atoms with Crippen LogP contribution in [0.25, 0.3) is 0 Å². The second-order valence-electron chi connectivity index (χ2n) is 7.40. The molecule has 1 saturated heterocycles. The minimum atomic E-state index is -0.125. The van der Waals surface area contributed by atoms with Crippen LogP contribution in [0.1, 0.15) is 38.5 Å². The fourth-order valence-electron chi connectivity index (χ4n) is 3.75. The summed E-state index contributed by atoms with van der Waals surface area (Å²) in [7, 11) is 0. The van der Waals surface area contributed by atoms with E-state index in [0.29, 0.717) is 18.8 Å². The van der Waals surface area contributed by atoms with Crippen molar-refractivity contribution in [3.63, 3.8) is 0 Å². The Balaban J connectivity index is 1.45. The molecule has 2 amide bonds. The number of para-hydroxylation sites is 1. The van der Waals surface area contributed by atoms with Crippen LogP contribution in [0.3, 0.4) is 0 Å². The summed E-state index contributed by atoms with van der Waals surface area (Å²) in [5, 5.41) is 3.16. The summed E-state index contributed by atoms with van der Waals surface area (Å²) in [4.78, 5) is 26.8. The van der Waals surface area contributed by atoms with E-state index in [4.69, 9.17) is 10.5 Å². The maximum atomic E-state index is 12.6. The Morgan fingerprint density at radius 1 is 1.12 bits per heavy atom. The van der Waals surface area contributed by atoms with Crippen molar-refractivity contribution in [1.82, 2.24) is 10.2 Å². The smallest absolute Gasteiger partial charge is 0.260 e. The van der Waals surface area contributed by atoms with Gasteiger partial charge in [-0.1, -0.05) is 18.2 Å². The first-order valence-corrected chi connectivity index (χ1v) is 9.63. The average Bonchev–Trinajstić information content (AvgIpc) is 2.69. The number of benzene rings is 1. The van der Waals surface area contributed by atoms with Crippen molar-refractivity contribution in [2.24, 2.45) is 11.7 Å². The number of hydrogen-bond donors (Lipinski definition) is 2. The van der Waals surface area contributed by atoms with Crippen LogP contribution < -0.4 is 15.8 Å². The van der Waals surface area contributed by atoms with Crippen LogP contribution in [-0.2, 0) is 9.59 Å². The highest BCUT2D eigenvalue weighted by atomic mass is 16.5. The number of nitrogens with one attached hydrogen (secondary N) is 1. The van der Waals surface area contributed by atoms with Crippen molar-refractivity contribution in [3.8, 4) is 5.75 Å². The summed E-state index contributed by atoms with van der Waals surface area (Å²) in [6.07, 6.45) is 5.53. The van der Waals surface area contributed by atoms with E-state index in [-0.39, 0.29) is 36.4 Å². The van der Waals surface area contributed by atoms with Crippen LogP contribution in [0.2, 0.25) is 0 Å². The Kier molecular flexibility index (Phi) is 6.50. The molecule has 0 bridgehead atoms. The predicted octanol–water partition coefficient (Wildman–Crippen LogP) is 1.69. The summed E-state index contributed by atoms with van der Waals surface area (Å²) in [6, 6.07) is 9.82. The zero-order chi connectivity index (χ0) is 18.4. The van der Waals surface area contributed by atoms with Gasteiger partial charge >= 0.3 is 0 Å². The largest absolute Gasteiger partial charge is 0.484 e. The fourth-order valence-corrected chi connectivity index (χ4v) is 3.75. The zero-order valence-corrected chi connectivity index (χ0v) is 15.2. The van der Waals surface area contributed by atoms with Crippen molar-refractivity contribution in [1.29, 1.82) is 0 Å². The molecule has 6 heteroatoms. The quantitative estimate of drug-likeness (QED) is 0.838. The molecule has 1 unspecified atom stereocenters. The molecule has 0 radical (unpaired) electrons. The summed E-state index contributed by atoms with van der Waals surface area (Å²) in [5.41, 5.74) is 5.92. The number of likely N-dealkylation sites (tertiary alicyclic amines) is 1. The van der Waals surface area contributed by atoms with E-state index in [2.05, 4.69) is 5.32 Å². The van der Waals surface area contributed by atoms with E-state index in [9.17, 15) is 9.59 Å². The first-order valence-electron chi connectivity index (χ1n) is 9.63. The van der Waals surface area contributed by atoms with Crippen molar-refractivity contribution in [2.45, 2.75) is 50.6 Å². The van der Waals surface area contributed by atoms with Gasteiger partial charge in [-0.05, 0) is 50.7 Å². The van der Waals surface area contributed by atoms with E-state index < -0.39 is 0 Å². The SMILES string of the molecule is NC1CCC(NC(=O)C2CCCN(C(=O)COc3ccccc3)C2)CC1. The molecular formula is C20H29N3O3. The van der Waals surface area contributed by atoms with Gasteiger partial charge in [0.1, 0.15) is 5.75 Å². The van der Waals surface area contributed by atoms with Crippen molar-refractivity contribution < 1.29 is 14.3 Å². The number of ether oxygens (including phenoxy) is 1. The molecule has 1 saturated carbocycles. The number of nitrogens with zero attached hydrogens (tertiary/aromatic N) is 1. The number of amides is 2. The third kappa shape index (κ3) is 5.21. The molecule has 1 aliphatic heterocycles. The van der Waals surface area contributed by atoms with Crippen molar-refractivity contribution in [2.75, 3.05) is 19.7 Å². The number of rotatable bonds is 5. The van der Waals surface area contributed by atoms with Crippen molar-refractivity contribution in [3.05, 3.63) is 30.3 Å². The van der Waals surface area contributed by atoms with Crippen LogP contribution in [0, 0.1) is 5.92 Å². The molecule has 26 heavy (non-hydrogen) atoms. The summed E-state index contributed by atoms with van der Waals surface area (Å²) in [5.74, 6) is 0.574. The van der Waals surface area contributed by atoms with Crippen LogP contribution >= 0.6 is 0 Å². The molecule has 142 valence electrons. The van der Waals surface area contributed by atoms with Crippen LogP contribution in [0.5, 0.6) is 5.75 Å². The van der Waals surface area contributed by atoms with E-state index in [1.165, 1.54) is 0 Å². The summed E-state index contributed by atoms with van der Waals surface area (Å²) < 4.78 is 5.54. The zero-order valence-electron chi connectivity index (χ0n) is 15.2. The third-order valence-electron chi connectivity index (χ3n) is 5.37. The van der Waals surface area contributed by atoms with E-state index in [1.807, 2.05) is 30.3 Å². The topological polar surface area (TPSA) is 84.7 Å². The van der Waals surface area contributed by atoms with Crippen molar-refractivity contribution >= 4 is 11.8 Å². The minimum Gasteiger partial charge on any atom is -0.484 e.